The van der Waals surface area contributed by atoms with Crippen LogP contribution in [0.3, 0.4) is 0 Å². The number of fused-ring (bicyclic) bond motifs is 1. The van der Waals surface area contributed by atoms with E-state index in [0.717, 1.165) is 11.1 Å². The molecule has 1 aliphatic rings. The van der Waals surface area contributed by atoms with E-state index in [1.807, 2.05) is 24.3 Å². The van der Waals surface area contributed by atoms with Crippen molar-refractivity contribution in [2.75, 3.05) is 25.9 Å². The van der Waals surface area contributed by atoms with Crippen LogP contribution in [-0.4, -0.2) is 41.4 Å². The molecule has 1 aliphatic heterocycles. The van der Waals surface area contributed by atoms with Crippen molar-refractivity contribution in [1.82, 2.24) is 14.5 Å². The Morgan fingerprint density at radius 3 is 2.43 bits per heavy atom. The lowest BCUT2D eigenvalue weighted by molar-refractivity contribution is -0.121. The highest BCUT2D eigenvalue weighted by Crippen LogP contribution is 2.34. The molecule has 0 N–H and O–H groups in total. The fraction of sp³-hybridized carbons (Fsp3) is 0.250. The van der Waals surface area contributed by atoms with Crippen molar-refractivity contribution < 1.29 is 22.7 Å². The van der Waals surface area contributed by atoms with Crippen molar-refractivity contribution in [1.29, 1.82) is 0 Å². The zero-order valence-corrected chi connectivity index (χ0v) is 17.3. The molecule has 1 amide bonds. The van der Waals surface area contributed by atoms with Gasteiger partial charge in [0.15, 0.2) is 12.4 Å². The summed E-state index contributed by atoms with van der Waals surface area (Å²) < 4.78 is 39.3. The fourth-order valence-electron chi connectivity index (χ4n) is 2.89. The summed E-state index contributed by atoms with van der Waals surface area (Å²) in [5, 5.41) is 0.291. The molecule has 0 spiro atoms. The van der Waals surface area contributed by atoms with E-state index in [2.05, 4.69) is 9.97 Å². The second-order valence-corrected chi connectivity index (χ2v) is 6.33. The predicted octanol–water partition coefficient (Wildman–Crippen LogP) is 4.37. The number of rotatable bonds is 3. The van der Waals surface area contributed by atoms with E-state index in [1.165, 1.54) is 12.4 Å². The molecule has 4 rings (SSSR count). The summed E-state index contributed by atoms with van der Waals surface area (Å²) in [6, 6.07) is 9.07. The second kappa shape index (κ2) is 10.6. The molecule has 0 atom stereocenters. The number of hydrogen-bond donors (Lipinski definition) is 0. The SMILES string of the molecule is CF.CF.Cn1cc(F)nc1-c1ccc(CN2C(=O)COc3cnc(Cl)cc32)cc1. The van der Waals surface area contributed by atoms with Gasteiger partial charge in [-0.15, -0.1) is 0 Å². The number of hydrogen-bond acceptors (Lipinski definition) is 4. The molecule has 6 nitrogen and oxygen atoms in total. The number of benzene rings is 1. The largest absolute Gasteiger partial charge is 0.480 e. The molecular weight excluding hydrogens is 421 g/mol. The van der Waals surface area contributed by atoms with Crippen LogP contribution in [-0.2, 0) is 18.4 Å². The van der Waals surface area contributed by atoms with Crippen LogP contribution in [0.5, 0.6) is 5.75 Å². The van der Waals surface area contributed by atoms with Crippen LogP contribution in [0.15, 0.2) is 42.7 Å². The molecule has 3 aromatic rings. The standard InChI is InChI=1S/C18H14ClFN4O2.2CH3F/c1-23-9-16(20)22-18(23)12-4-2-11(3-5-12)8-24-13-6-15(19)21-7-14(13)26-10-17(24)25;2*1-2/h2-7,9H,8,10H2,1H3;2*1H3. The van der Waals surface area contributed by atoms with Crippen molar-refractivity contribution in [3.05, 3.63) is 59.4 Å². The Morgan fingerprint density at radius 2 is 1.83 bits per heavy atom. The molecule has 2 aromatic heterocycles. The average Bonchev–Trinajstić information content (AvgIpc) is 3.11. The van der Waals surface area contributed by atoms with E-state index in [-0.39, 0.29) is 12.5 Å². The van der Waals surface area contributed by atoms with Crippen molar-refractivity contribution in [2.24, 2.45) is 7.05 Å². The number of aryl methyl sites for hydroxylation is 1. The number of ether oxygens (including phenoxy) is 1. The predicted molar refractivity (Wildman–Crippen MR) is 109 cm³/mol. The number of imidazole rings is 1. The Morgan fingerprint density at radius 1 is 1.17 bits per heavy atom. The summed E-state index contributed by atoms with van der Waals surface area (Å²) in [6.45, 7) is 0.325. The van der Waals surface area contributed by atoms with Gasteiger partial charge in [-0.1, -0.05) is 35.9 Å². The van der Waals surface area contributed by atoms with Gasteiger partial charge in [0.05, 0.1) is 39.0 Å². The first-order chi connectivity index (χ1) is 14.5. The maximum absolute atomic E-state index is 13.3. The molecule has 10 heteroatoms. The number of alkyl halides is 2. The normalized spacial score (nSPS) is 12.1. The quantitative estimate of drug-likeness (QED) is 0.567. The molecule has 0 saturated carbocycles. The van der Waals surface area contributed by atoms with Gasteiger partial charge < -0.3 is 14.2 Å². The molecule has 160 valence electrons. The maximum atomic E-state index is 13.3. The van der Waals surface area contributed by atoms with E-state index in [0.29, 0.717) is 43.3 Å². The first kappa shape index (κ1) is 23.2. The minimum atomic E-state index is -0.521. The van der Waals surface area contributed by atoms with Gasteiger partial charge >= 0.3 is 0 Å². The maximum Gasteiger partial charge on any atom is 0.265 e. The summed E-state index contributed by atoms with van der Waals surface area (Å²) in [6.07, 6.45) is 2.83. The highest BCUT2D eigenvalue weighted by atomic mass is 35.5. The number of aromatic nitrogens is 3. The zero-order valence-electron chi connectivity index (χ0n) is 16.6. The lowest BCUT2D eigenvalue weighted by atomic mass is 10.1. The summed E-state index contributed by atoms with van der Waals surface area (Å²) in [5.74, 6) is 0.386. The van der Waals surface area contributed by atoms with Crippen LogP contribution < -0.4 is 9.64 Å². The average molecular weight is 441 g/mol. The van der Waals surface area contributed by atoms with Crippen LogP contribution in [0.2, 0.25) is 5.15 Å². The monoisotopic (exact) mass is 440 g/mol. The summed E-state index contributed by atoms with van der Waals surface area (Å²) in [7, 11) is 2.74. The lowest BCUT2D eigenvalue weighted by Crippen LogP contribution is -2.38. The molecule has 0 radical (unpaired) electrons. The minimum absolute atomic E-state index is 0.0407. The van der Waals surface area contributed by atoms with Gasteiger partial charge in [-0.2, -0.15) is 4.39 Å². The summed E-state index contributed by atoms with van der Waals surface area (Å²) in [5.41, 5.74) is 2.30. The first-order valence-corrected chi connectivity index (χ1v) is 9.01. The highest BCUT2D eigenvalue weighted by molar-refractivity contribution is 6.29. The van der Waals surface area contributed by atoms with Gasteiger partial charge in [-0.05, 0) is 5.56 Å². The van der Waals surface area contributed by atoms with Gasteiger partial charge in [-0.25, -0.2) is 9.97 Å². The molecule has 30 heavy (non-hydrogen) atoms. The van der Waals surface area contributed by atoms with Crippen LogP contribution in [0, 0.1) is 5.95 Å². The van der Waals surface area contributed by atoms with Crippen molar-refractivity contribution in [3.8, 4) is 17.1 Å². The summed E-state index contributed by atoms with van der Waals surface area (Å²) >= 11 is 5.95. The zero-order chi connectivity index (χ0) is 22.3. The van der Waals surface area contributed by atoms with Crippen molar-refractivity contribution >= 4 is 23.2 Å². The third-order valence-electron chi connectivity index (χ3n) is 4.16. The van der Waals surface area contributed by atoms with E-state index >= 15 is 0 Å². The third kappa shape index (κ3) is 5.10. The lowest BCUT2D eigenvalue weighted by Gasteiger charge is -2.29. The number of pyridine rings is 1. The van der Waals surface area contributed by atoms with Crippen LogP contribution in [0.1, 0.15) is 5.56 Å². The van der Waals surface area contributed by atoms with Crippen molar-refractivity contribution in [2.45, 2.75) is 6.54 Å². The second-order valence-electron chi connectivity index (χ2n) is 5.94. The number of carbonyl (C=O) groups is 1. The Labute approximate surface area is 176 Å². The fourth-order valence-corrected chi connectivity index (χ4v) is 3.05. The first-order valence-electron chi connectivity index (χ1n) is 8.64. The van der Waals surface area contributed by atoms with E-state index in [9.17, 15) is 18.0 Å². The molecule has 0 unspecified atom stereocenters. The topological polar surface area (TPSA) is 60.2 Å². The van der Waals surface area contributed by atoms with Gasteiger partial charge in [0.1, 0.15) is 11.0 Å². The van der Waals surface area contributed by atoms with Gasteiger partial charge in [0.25, 0.3) is 5.91 Å². The molecule has 0 bridgehead atoms. The highest BCUT2D eigenvalue weighted by Gasteiger charge is 2.26. The minimum Gasteiger partial charge on any atom is -0.480 e. The van der Waals surface area contributed by atoms with Gasteiger partial charge in [0.2, 0.25) is 5.95 Å². The Kier molecular flexibility index (Phi) is 8.23. The van der Waals surface area contributed by atoms with Gasteiger partial charge in [0, 0.05) is 18.7 Å². The molecule has 0 saturated heterocycles. The van der Waals surface area contributed by atoms with Crippen LogP contribution >= 0.6 is 11.6 Å². The Bertz CT molecular complexity index is 996. The van der Waals surface area contributed by atoms with Crippen LogP contribution in [0.25, 0.3) is 11.4 Å². The van der Waals surface area contributed by atoms with Crippen molar-refractivity contribution in [3.63, 3.8) is 0 Å². The number of anilines is 1. The Hall–Kier alpha value is -3.07. The summed E-state index contributed by atoms with van der Waals surface area (Å²) in [4.78, 5) is 21.8. The molecular formula is C20H20ClF3N4O2. The molecule has 0 fully saturated rings. The van der Waals surface area contributed by atoms with E-state index in [4.69, 9.17) is 16.3 Å². The smallest absolute Gasteiger partial charge is 0.265 e. The molecule has 3 heterocycles. The van der Waals surface area contributed by atoms with E-state index < -0.39 is 5.95 Å². The number of nitrogens with zero attached hydrogens (tertiary/aromatic N) is 4. The Balaban J connectivity index is 0.000000757. The molecule has 0 aliphatic carbocycles. The number of carbonyl (C=O) groups excluding carboxylic acids is 1. The third-order valence-corrected chi connectivity index (χ3v) is 4.36. The van der Waals surface area contributed by atoms with E-state index in [1.54, 1.807) is 22.6 Å². The molecule has 1 aromatic carbocycles. The number of amides is 1. The van der Waals surface area contributed by atoms with Gasteiger partial charge in [-0.3, -0.25) is 13.6 Å². The number of halogens is 4. The van der Waals surface area contributed by atoms with Crippen LogP contribution in [0.4, 0.5) is 18.9 Å².